The van der Waals surface area contributed by atoms with Gasteiger partial charge in [0.05, 0.1) is 0 Å². The summed E-state index contributed by atoms with van der Waals surface area (Å²) >= 11 is 12.2. The van der Waals surface area contributed by atoms with Gasteiger partial charge in [-0.3, -0.25) is 0 Å². The van der Waals surface area contributed by atoms with Crippen molar-refractivity contribution in [1.82, 2.24) is 0 Å². The highest BCUT2D eigenvalue weighted by Gasteiger charge is 2.38. The molecule has 0 atom stereocenters. The molecule has 1 saturated carbocycles. The molecule has 1 fully saturated rings. The number of hydrogen-bond acceptors (Lipinski definition) is 1. The third-order valence-corrected chi connectivity index (χ3v) is 5.05. The van der Waals surface area contributed by atoms with Crippen molar-refractivity contribution < 1.29 is 17.9 Å². The third kappa shape index (κ3) is 5.68. The standard InChI is InChI=1S/C13H21Cl2F3O/c14-8-12(9-15,11-4-1-2-5-11)6-3-7-19-10-13(16,17)18/h11H,1-10H2. The first-order valence-corrected chi connectivity index (χ1v) is 7.77. The molecule has 0 N–H and O–H groups in total. The Balaban J connectivity index is 2.33. The van der Waals surface area contributed by atoms with E-state index in [1.807, 2.05) is 0 Å². The van der Waals surface area contributed by atoms with E-state index in [1.165, 1.54) is 12.8 Å². The lowest BCUT2D eigenvalue weighted by molar-refractivity contribution is -0.174. The van der Waals surface area contributed by atoms with Gasteiger partial charge in [0.2, 0.25) is 0 Å². The van der Waals surface area contributed by atoms with E-state index in [1.54, 1.807) is 0 Å². The Labute approximate surface area is 122 Å². The van der Waals surface area contributed by atoms with Crippen LogP contribution in [0.25, 0.3) is 0 Å². The van der Waals surface area contributed by atoms with Crippen LogP contribution in [0.5, 0.6) is 0 Å². The molecule has 114 valence electrons. The van der Waals surface area contributed by atoms with Gasteiger partial charge in [0, 0.05) is 23.8 Å². The van der Waals surface area contributed by atoms with Crippen LogP contribution in [0.3, 0.4) is 0 Å². The maximum absolute atomic E-state index is 11.9. The van der Waals surface area contributed by atoms with E-state index in [9.17, 15) is 13.2 Å². The maximum atomic E-state index is 11.9. The molecule has 0 aromatic heterocycles. The summed E-state index contributed by atoms with van der Waals surface area (Å²) < 4.78 is 40.4. The van der Waals surface area contributed by atoms with E-state index in [2.05, 4.69) is 4.74 Å². The molecule has 0 amide bonds. The second-order valence-electron chi connectivity index (χ2n) is 5.38. The highest BCUT2D eigenvalue weighted by molar-refractivity contribution is 6.21. The van der Waals surface area contributed by atoms with E-state index in [0.29, 0.717) is 24.1 Å². The first-order chi connectivity index (χ1) is 8.93. The molecule has 0 aliphatic heterocycles. The van der Waals surface area contributed by atoms with Gasteiger partial charge in [-0.2, -0.15) is 13.2 Å². The molecule has 1 rings (SSSR count). The van der Waals surface area contributed by atoms with Crippen molar-refractivity contribution in [1.29, 1.82) is 0 Å². The quantitative estimate of drug-likeness (QED) is 0.451. The molecule has 0 heterocycles. The Morgan fingerprint density at radius 2 is 1.63 bits per heavy atom. The second kappa shape index (κ2) is 7.94. The number of halogens is 5. The molecule has 0 spiro atoms. The first kappa shape index (κ1) is 17.4. The Kier molecular flexibility index (Phi) is 7.26. The molecule has 0 unspecified atom stereocenters. The number of ether oxygens (including phenoxy) is 1. The average molecular weight is 321 g/mol. The van der Waals surface area contributed by atoms with Crippen molar-refractivity contribution in [2.75, 3.05) is 25.0 Å². The van der Waals surface area contributed by atoms with Gasteiger partial charge in [0.1, 0.15) is 6.61 Å². The van der Waals surface area contributed by atoms with Crippen LogP contribution in [0, 0.1) is 11.3 Å². The van der Waals surface area contributed by atoms with Crippen LogP contribution in [-0.4, -0.2) is 31.2 Å². The summed E-state index contributed by atoms with van der Waals surface area (Å²) in [7, 11) is 0. The van der Waals surface area contributed by atoms with E-state index in [0.717, 1.165) is 19.3 Å². The van der Waals surface area contributed by atoms with Crippen LogP contribution < -0.4 is 0 Å². The van der Waals surface area contributed by atoms with Gasteiger partial charge in [-0.25, -0.2) is 0 Å². The lowest BCUT2D eigenvalue weighted by Crippen LogP contribution is -2.33. The molecule has 1 nitrogen and oxygen atoms in total. The third-order valence-electron chi connectivity index (χ3n) is 3.98. The van der Waals surface area contributed by atoms with Crippen LogP contribution in [-0.2, 0) is 4.74 Å². The van der Waals surface area contributed by atoms with Crippen LogP contribution in [0.4, 0.5) is 13.2 Å². The predicted molar refractivity (Wildman–Crippen MR) is 71.9 cm³/mol. The molecule has 0 saturated heterocycles. The molecule has 1 aliphatic rings. The molecule has 19 heavy (non-hydrogen) atoms. The fourth-order valence-electron chi connectivity index (χ4n) is 2.84. The smallest absolute Gasteiger partial charge is 0.372 e. The summed E-state index contributed by atoms with van der Waals surface area (Å²) in [6.07, 6.45) is 1.72. The second-order valence-corrected chi connectivity index (χ2v) is 5.92. The Morgan fingerprint density at radius 1 is 1.05 bits per heavy atom. The van der Waals surface area contributed by atoms with Gasteiger partial charge >= 0.3 is 6.18 Å². The summed E-state index contributed by atoms with van der Waals surface area (Å²) in [5.74, 6) is 1.45. The van der Waals surface area contributed by atoms with Gasteiger partial charge in [-0.05, 0) is 31.6 Å². The summed E-state index contributed by atoms with van der Waals surface area (Å²) in [6.45, 7) is -1.06. The lowest BCUT2D eigenvalue weighted by atomic mass is 9.74. The summed E-state index contributed by atoms with van der Waals surface area (Å²) in [4.78, 5) is 0. The van der Waals surface area contributed by atoms with E-state index in [4.69, 9.17) is 23.2 Å². The van der Waals surface area contributed by atoms with E-state index >= 15 is 0 Å². The normalized spacial score (nSPS) is 18.2. The van der Waals surface area contributed by atoms with Gasteiger partial charge in [-0.1, -0.05) is 12.8 Å². The van der Waals surface area contributed by atoms with Crippen molar-refractivity contribution in [3.05, 3.63) is 0 Å². The van der Waals surface area contributed by atoms with E-state index < -0.39 is 12.8 Å². The fourth-order valence-corrected chi connectivity index (χ4v) is 3.83. The molecule has 0 radical (unpaired) electrons. The minimum Gasteiger partial charge on any atom is -0.372 e. The van der Waals surface area contributed by atoms with E-state index in [-0.39, 0.29) is 12.0 Å². The highest BCUT2D eigenvalue weighted by atomic mass is 35.5. The lowest BCUT2D eigenvalue weighted by Gasteiger charge is -2.36. The molecular formula is C13H21Cl2F3O. The number of rotatable bonds is 8. The topological polar surface area (TPSA) is 9.23 Å². The summed E-state index contributed by atoms with van der Waals surface area (Å²) in [6, 6.07) is 0. The number of alkyl halides is 5. The summed E-state index contributed by atoms with van der Waals surface area (Å²) in [5.41, 5.74) is -0.138. The molecule has 0 aromatic carbocycles. The van der Waals surface area contributed by atoms with Gasteiger partial charge in [0.15, 0.2) is 0 Å². The predicted octanol–water partition coefficient (Wildman–Crippen LogP) is 5.00. The minimum atomic E-state index is -4.25. The maximum Gasteiger partial charge on any atom is 0.411 e. The van der Waals surface area contributed by atoms with Gasteiger partial charge in [-0.15, -0.1) is 23.2 Å². The largest absolute Gasteiger partial charge is 0.411 e. The highest BCUT2D eigenvalue weighted by Crippen LogP contribution is 2.44. The zero-order valence-electron chi connectivity index (χ0n) is 10.9. The van der Waals surface area contributed by atoms with Crippen LogP contribution >= 0.6 is 23.2 Å². The molecule has 1 aliphatic carbocycles. The van der Waals surface area contributed by atoms with Crippen LogP contribution in [0.2, 0.25) is 0 Å². The van der Waals surface area contributed by atoms with Crippen LogP contribution in [0.1, 0.15) is 38.5 Å². The van der Waals surface area contributed by atoms with Crippen LogP contribution in [0.15, 0.2) is 0 Å². The summed E-state index contributed by atoms with van der Waals surface area (Å²) in [5, 5.41) is 0. The average Bonchev–Trinajstić information content (AvgIpc) is 2.87. The van der Waals surface area contributed by atoms with Crippen molar-refractivity contribution >= 4 is 23.2 Å². The van der Waals surface area contributed by atoms with Crippen molar-refractivity contribution in [2.45, 2.75) is 44.7 Å². The zero-order chi connectivity index (χ0) is 14.4. The Morgan fingerprint density at radius 3 is 2.11 bits per heavy atom. The monoisotopic (exact) mass is 320 g/mol. The fraction of sp³-hybridized carbons (Fsp3) is 1.00. The van der Waals surface area contributed by atoms with Gasteiger partial charge in [0.25, 0.3) is 0 Å². The Hall–Kier alpha value is 0.330. The zero-order valence-corrected chi connectivity index (χ0v) is 12.5. The SMILES string of the molecule is FC(F)(F)COCCCC(CCl)(CCl)C1CCCC1. The molecule has 0 aromatic rings. The van der Waals surface area contributed by atoms with Crippen molar-refractivity contribution in [3.63, 3.8) is 0 Å². The first-order valence-electron chi connectivity index (χ1n) is 6.70. The molecular weight excluding hydrogens is 300 g/mol. The Bertz CT molecular complexity index is 249. The van der Waals surface area contributed by atoms with Crippen molar-refractivity contribution in [3.8, 4) is 0 Å². The molecule has 6 heteroatoms. The van der Waals surface area contributed by atoms with Crippen molar-refractivity contribution in [2.24, 2.45) is 11.3 Å². The molecule has 0 bridgehead atoms. The number of hydrogen-bond donors (Lipinski definition) is 0. The minimum absolute atomic E-state index is 0.113. The van der Waals surface area contributed by atoms with Gasteiger partial charge < -0.3 is 4.74 Å².